The number of rotatable bonds is 1. The minimum atomic E-state index is -0.194. The van der Waals surface area contributed by atoms with Gasteiger partial charge in [0.2, 0.25) is 0 Å². The number of nitrogens with one attached hydrogen (secondary N) is 2. The molecular formula is C13H24N2O. The Kier molecular flexibility index (Phi) is 12.2. The maximum atomic E-state index is 10.9. The third-order valence-corrected chi connectivity index (χ3v) is 1.50. The van der Waals surface area contributed by atoms with Gasteiger partial charge in [0.25, 0.3) is 0 Å². The van der Waals surface area contributed by atoms with Gasteiger partial charge >= 0.3 is 6.03 Å². The molecule has 0 atom stereocenters. The van der Waals surface area contributed by atoms with E-state index >= 15 is 0 Å². The molecule has 0 bridgehead atoms. The Balaban J connectivity index is 0. The molecule has 0 aromatic heterocycles. The van der Waals surface area contributed by atoms with Crippen molar-refractivity contribution in [1.82, 2.24) is 5.32 Å². The third kappa shape index (κ3) is 7.85. The van der Waals surface area contributed by atoms with Crippen molar-refractivity contribution in [3.05, 3.63) is 29.8 Å². The van der Waals surface area contributed by atoms with Crippen LogP contribution in [0.5, 0.6) is 0 Å². The van der Waals surface area contributed by atoms with Crippen LogP contribution in [0.1, 0.15) is 33.3 Å². The molecule has 0 aliphatic rings. The molecule has 2 amide bonds. The second-order valence-corrected chi connectivity index (χ2v) is 2.57. The molecule has 0 aliphatic carbocycles. The predicted molar refractivity (Wildman–Crippen MR) is 72.0 cm³/mol. The zero-order chi connectivity index (χ0) is 13.0. The van der Waals surface area contributed by atoms with Crippen molar-refractivity contribution < 1.29 is 4.79 Å². The lowest BCUT2D eigenvalue weighted by Gasteiger charge is -2.03. The lowest BCUT2D eigenvalue weighted by molar-refractivity contribution is 0.254. The van der Waals surface area contributed by atoms with Gasteiger partial charge in [0.1, 0.15) is 0 Å². The number of anilines is 1. The lowest BCUT2D eigenvalue weighted by Crippen LogP contribution is -2.24. The third-order valence-electron chi connectivity index (χ3n) is 1.50. The maximum Gasteiger partial charge on any atom is 0.318 e. The fourth-order valence-electron chi connectivity index (χ4n) is 0.916. The number of benzene rings is 1. The van der Waals surface area contributed by atoms with Gasteiger partial charge in [-0.2, -0.15) is 0 Å². The lowest BCUT2D eigenvalue weighted by atomic mass is 10.2. The van der Waals surface area contributed by atoms with Gasteiger partial charge in [0.05, 0.1) is 0 Å². The Hall–Kier alpha value is -1.51. The second kappa shape index (κ2) is 11.6. The Bertz CT molecular complexity index is 285. The standard InChI is InChI=1S/C9H12N2O.2C2H6/c1-7-4-3-5-8(6-7)11-9(12)10-2;2*1-2/h3-6H,1-2H3,(H2,10,11,12);2*1-2H3. The van der Waals surface area contributed by atoms with Crippen LogP contribution in [0.15, 0.2) is 24.3 Å². The number of amides is 2. The summed E-state index contributed by atoms with van der Waals surface area (Å²) < 4.78 is 0. The van der Waals surface area contributed by atoms with E-state index in [1.54, 1.807) is 7.05 Å². The highest BCUT2D eigenvalue weighted by molar-refractivity contribution is 5.88. The molecule has 0 radical (unpaired) electrons. The molecule has 0 saturated heterocycles. The predicted octanol–water partition coefficient (Wildman–Crippen LogP) is 3.80. The van der Waals surface area contributed by atoms with Crippen LogP contribution in [0, 0.1) is 6.92 Å². The van der Waals surface area contributed by atoms with Crippen LogP contribution < -0.4 is 10.6 Å². The van der Waals surface area contributed by atoms with Crippen molar-refractivity contribution >= 4 is 11.7 Å². The monoisotopic (exact) mass is 224 g/mol. The molecule has 0 fully saturated rings. The first-order valence-corrected chi connectivity index (χ1v) is 5.78. The van der Waals surface area contributed by atoms with Crippen LogP contribution >= 0.6 is 0 Å². The Morgan fingerprint density at radius 1 is 1.12 bits per heavy atom. The molecule has 1 rings (SSSR count). The largest absolute Gasteiger partial charge is 0.341 e. The number of carbonyl (C=O) groups excluding carboxylic acids is 1. The minimum Gasteiger partial charge on any atom is -0.341 e. The number of carbonyl (C=O) groups is 1. The fourth-order valence-corrected chi connectivity index (χ4v) is 0.916. The van der Waals surface area contributed by atoms with E-state index in [1.807, 2.05) is 58.9 Å². The van der Waals surface area contributed by atoms with Gasteiger partial charge in [0.15, 0.2) is 0 Å². The molecule has 0 aliphatic heterocycles. The van der Waals surface area contributed by atoms with Gasteiger partial charge in [-0.1, -0.05) is 39.8 Å². The quantitative estimate of drug-likeness (QED) is 0.748. The van der Waals surface area contributed by atoms with E-state index in [-0.39, 0.29) is 6.03 Å². The van der Waals surface area contributed by atoms with E-state index in [2.05, 4.69) is 10.6 Å². The van der Waals surface area contributed by atoms with E-state index in [4.69, 9.17) is 0 Å². The van der Waals surface area contributed by atoms with E-state index in [0.29, 0.717) is 0 Å². The van der Waals surface area contributed by atoms with Crippen LogP contribution in [-0.4, -0.2) is 13.1 Å². The summed E-state index contributed by atoms with van der Waals surface area (Å²) in [7, 11) is 1.59. The van der Waals surface area contributed by atoms with Crippen molar-refractivity contribution in [3.8, 4) is 0 Å². The Labute approximate surface area is 99.3 Å². The molecule has 92 valence electrons. The van der Waals surface area contributed by atoms with Gasteiger partial charge in [-0.05, 0) is 24.6 Å². The summed E-state index contributed by atoms with van der Waals surface area (Å²) in [5.74, 6) is 0. The van der Waals surface area contributed by atoms with Gasteiger partial charge in [-0.25, -0.2) is 4.79 Å². The summed E-state index contributed by atoms with van der Waals surface area (Å²) in [6.45, 7) is 9.98. The molecule has 3 heteroatoms. The second-order valence-electron chi connectivity index (χ2n) is 2.57. The van der Waals surface area contributed by atoms with E-state index < -0.39 is 0 Å². The fraction of sp³-hybridized carbons (Fsp3) is 0.462. The van der Waals surface area contributed by atoms with Crippen molar-refractivity contribution in [3.63, 3.8) is 0 Å². The van der Waals surface area contributed by atoms with Crippen molar-refractivity contribution in [1.29, 1.82) is 0 Å². The van der Waals surface area contributed by atoms with Gasteiger partial charge in [-0.15, -0.1) is 0 Å². The first-order chi connectivity index (χ1) is 7.72. The first kappa shape index (κ1) is 16.9. The topological polar surface area (TPSA) is 41.1 Å². The molecule has 2 N–H and O–H groups in total. The van der Waals surface area contributed by atoms with E-state index in [1.165, 1.54) is 0 Å². The van der Waals surface area contributed by atoms with E-state index in [0.717, 1.165) is 11.3 Å². The van der Waals surface area contributed by atoms with Gasteiger partial charge in [0, 0.05) is 12.7 Å². The molecule has 1 aromatic rings. The summed E-state index contributed by atoms with van der Waals surface area (Å²) in [5.41, 5.74) is 1.94. The highest BCUT2D eigenvalue weighted by Crippen LogP contribution is 2.08. The molecule has 0 heterocycles. The molecule has 0 unspecified atom stereocenters. The number of hydrogen-bond acceptors (Lipinski definition) is 1. The molecule has 1 aromatic carbocycles. The zero-order valence-electron chi connectivity index (χ0n) is 11.2. The molecule has 0 spiro atoms. The molecular weight excluding hydrogens is 200 g/mol. The van der Waals surface area contributed by atoms with Crippen LogP contribution in [0.4, 0.5) is 10.5 Å². The summed E-state index contributed by atoms with van der Waals surface area (Å²) in [6, 6.07) is 7.45. The number of urea groups is 1. The Morgan fingerprint density at radius 2 is 1.69 bits per heavy atom. The van der Waals surface area contributed by atoms with E-state index in [9.17, 15) is 4.79 Å². The molecule has 3 nitrogen and oxygen atoms in total. The summed E-state index contributed by atoms with van der Waals surface area (Å²) in [5, 5.41) is 5.17. The SMILES string of the molecule is CC.CC.CNC(=O)Nc1cccc(C)c1. The minimum absolute atomic E-state index is 0.194. The van der Waals surface area contributed by atoms with Crippen LogP contribution in [0.3, 0.4) is 0 Å². The average Bonchev–Trinajstić information content (AvgIpc) is 2.34. The first-order valence-electron chi connectivity index (χ1n) is 5.78. The van der Waals surface area contributed by atoms with Crippen LogP contribution in [-0.2, 0) is 0 Å². The molecule has 16 heavy (non-hydrogen) atoms. The zero-order valence-corrected chi connectivity index (χ0v) is 11.2. The van der Waals surface area contributed by atoms with Gasteiger partial charge < -0.3 is 10.6 Å². The van der Waals surface area contributed by atoms with Crippen LogP contribution in [0.2, 0.25) is 0 Å². The average molecular weight is 224 g/mol. The highest BCUT2D eigenvalue weighted by atomic mass is 16.2. The number of hydrogen-bond donors (Lipinski definition) is 2. The van der Waals surface area contributed by atoms with Crippen molar-refractivity contribution in [2.75, 3.05) is 12.4 Å². The Morgan fingerprint density at radius 3 is 2.12 bits per heavy atom. The van der Waals surface area contributed by atoms with Gasteiger partial charge in [-0.3, -0.25) is 0 Å². The summed E-state index contributed by atoms with van der Waals surface area (Å²) in [4.78, 5) is 10.9. The molecule has 0 saturated carbocycles. The maximum absolute atomic E-state index is 10.9. The summed E-state index contributed by atoms with van der Waals surface area (Å²) in [6.07, 6.45) is 0. The smallest absolute Gasteiger partial charge is 0.318 e. The van der Waals surface area contributed by atoms with Crippen molar-refractivity contribution in [2.45, 2.75) is 34.6 Å². The normalized spacial score (nSPS) is 7.62. The highest BCUT2D eigenvalue weighted by Gasteiger charge is 1.96. The summed E-state index contributed by atoms with van der Waals surface area (Å²) >= 11 is 0. The van der Waals surface area contributed by atoms with Crippen LogP contribution in [0.25, 0.3) is 0 Å². The van der Waals surface area contributed by atoms with Crippen molar-refractivity contribution in [2.24, 2.45) is 0 Å². The number of aryl methyl sites for hydroxylation is 1.